The number of nitrogens with one attached hydrogen (secondary N) is 1. The average molecular weight is 422 g/mol. The van der Waals surface area contributed by atoms with E-state index in [9.17, 15) is 4.79 Å². The van der Waals surface area contributed by atoms with Crippen LogP contribution in [0.1, 0.15) is 16.7 Å². The minimum atomic E-state index is 0.00349. The van der Waals surface area contributed by atoms with Gasteiger partial charge in [0.05, 0.1) is 0 Å². The quantitative estimate of drug-likeness (QED) is 0.411. The van der Waals surface area contributed by atoms with Crippen molar-refractivity contribution in [3.8, 4) is 16.5 Å². The summed E-state index contributed by atoms with van der Waals surface area (Å²) in [7, 11) is 0. The molecule has 0 unspecified atom stereocenters. The van der Waals surface area contributed by atoms with Crippen LogP contribution in [0.3, 0.4) is 0 Å². The Hall–Kier alpha value is -2.90. The van der Waals surface area contributed by atoms with E-state index in [1.165, 1.54) is 16.9 Å². The van der Waals surface area contributed by atoms with Crippen LogP contribution in [0.15, 0.2) is 71.2 Å². The number of nitrogens with zero attached hydrogens (tertiary/aromatic N) is 2. The number of hydrogen-bond donors (Lipinski definition) is 1. The van der Waals surface area contributed by atoms with Crippen molar-refractivity contribution in [1.82, 2.24) is 15.2 Å². The Bertz CT molecular complexity index is 1090. The standard InChI is InChI=1S/C22H19N3O2S2/c1-15-7-9-17(10-8-15)14-27-18-11-12-28-20(18)21-23-22(25-24-21)29-19(26)13-16-5-3-2-4-6-16/h2-12H,13-14H2,1H3,(H,23,24,25). The molecule has 1 N–H and O–H groups in total. The van der Waals surface area contributed by atoms with Crippen molar-refractivity contribution in [2.75, 3.05) is 0 Å². The third kappa shape index (κ3) is 5.13. The lowest BCUT2D eigenvalue weighted by Gasteiger charge is -2.06. The SMILES string of the molecule is Cc1ccc(COc2ccsc2-c2nc(SC(=O)Cc3ccccc3)n[nH]2)cc1. The molecule has 7 heteroatoms. The number of ether oxygens (including phenoxy) is 1. The normalized spacial score (nSPS) is 10.8. The van der Waals surface area contributed by atoms with Gasteiger partial charge in [0.25, 0.3) is 0 Å². The molecule has 0 aliphatic heterocycles. The third-order valence-corrected chi connectivity index (χ3v) is 5.86. The molecule has 2 aromatic heterocycles. The molecule has 0 atom stereocenters. The largest absolute Gasteiger partial charge is 0.487 e. The van der Waals surface area contributed by atoms with Crippen molar-refractivity contribution in [3.63, 3.8) is 0 Å². The van der Waals surface area contributed by atoms with Gasteiger partial charge in [0.1, 0.15) is 17.2 Å². The van der Waals surface area contributed by atoms with Crippen LogP contribution in [0, 0.1) is 6.92 Å². The molecule has 0 spiro atoms. The number of benzene rings is 2. The number of thiophene rings is 1. The molecule has 0 amide bonds. The van der Waals surface area contributed by atoms with Crippen LogP contribution in [0.5, 0.6) is 5.75 Å². The van der Waals surface area contributed by atoms with E-state index in [0.29, 0.717) is 24.0 Å². The highest BCUT2D eigenvalue weighted by Crippen LogP contribution is 2.34. The van der Waals surface area contributed by atoms with Crippen LogP contribution in [0.25, 0.3) is 10.7 Å². The van der Waals surface area contributed by atoms with E-state index >= 15 is 0 Å². The summed E-state index contributed by atoms with van der Waals surface area (Å²) in [6.07, 6.45) is 0.347. The maximum absolute atomic E-state index is 12.3. The second kappa shape index (κ2) is 9.07. The fraction of sp³-hybridized carbons (Fsp3) is 0.136. The van der Waals surface area contributed by atoms with Crippen LogP contribution < -0.4 is 4.74 Å². The molecule has 0 radical (unpaired) electrons. The van der Waals surface area contributed by atoms with E-state index in [0.717, 1.165) is 33.5 Å². The number of thioether (sulfide) groups is 1. The summed E-state index contributed by atoms with van der Waals surface area (Å²) in [5.74, 6) is 1.35. The first-order chi connectivity index (χ1) is 14.2. The minimum absolute atomic E-state index is 0.00349. The molecule has 0 saturated heterocycles. The topological polar surface area (TPSA) is 67.9 Å². The second-order valence-corrected chi connectivity index (χ2v) is 8.43. The molecule has 5 nitrogen and oxygen atoms in total. The number of aromatic nitrogens is 3. The smallest absolute Gasteiger partial charge is 0.216 e. The lowest BCUT2D eigenvalue weighted by molar-refractivity contribution is -0.110. The molecule has 0 bridgehead atoms. The zero-order valence-corrected chi connectivity index (χ0v) is 17.4. The Kier molecular flexibility index (Phi) is 6.07. The second-order valence-electron chi connectivity index (χ2n) is 6.49. The summed E-state index contributed by atoms with van der Waals surface area (Å²) in [4.78, 5) is 17.6. The highest BCUT2D eigenvalue weighted by atomic mass is 32.2. The van der Waals surface area contributed by atoms with Crippen molar-refractivity contribution in [2.45, 2.75) is 25.1 Å². The van der Waals surface area contributed by atoms with Gasteiger partial charge < -0.3 is 4.74 Å². The first-order valence-corrected chi connectivity index (χ1v) is 10.8. The van der Waals surface area contributed by atoms with Gasteiger partial charge in [-0.05, 0) is 41.3 Å². The summed E-state index contributed by atoms with van der Waals surface area (Å²) in [5.41, 5.74) is 3.30. The first kappa shape index (κ1) is 19.4. The fourth-order valence-electron chi connectivity index (χ4n) is 2.72. The van der Waals surface area contributed by atoms with Gasteiger partial charge in [-0.15, -0.1) is 16.4 Å². The summed E-state index contributed by atoms with van der Waals surface area (Å²) in [5, 5.41) is 9.47. The van der Waals surface area contributed by atoms with E-state index in [1.54, 1.807) is 0 Å². The number of carbonyl (C=O) groups excluding carboxylic acids is 1. The number of carbonyl (C=O) groups is 1. The molecule has 146 valence electrons. The van der Waals surface area contributed by atoms with Crippen molar-refractivity contribution in [1.29, 1.82) is 0 Å². The van der Waals surface area contributed by atoms with Gasteiger partial charge in [-0.1, -0.05) is 60.2 Å². The number of aryl methyl sites for hydroxylation is 1. The lowest BCUT2D eigenvalue weighted by atomic mass is 10.2. The van der Waals surface area contributed by atoms with E-state index < -0.39 is 0 Å². The van der Waals surface area contributed by atoms with Crippen molar-refractivity contribution >= 4 is 28.2 Å². The van der Waals surface area contributed by atoms with Gasteiger partial charge >= 0.3 is 0 Å². The zero-order chi connectivity index (χ0) is 20.1. The minimum Gasteiger partial charge on any atom is -0.487 e. The summed E-state index contributed by atoms with van der Waals surface area (Å²) in [6, 6.07) is 19.8. The molecule has 2 aromatic carbocycles. The van der Waals surface area contributed by atoms with E-state index in [4.69, 9.17) is 4.74 Å². The molecule has 4 aromatic rings. The van der Waals surface area contributed by atoms with Crippen LogP contribution in [-0.4, -0.2) is 20.3 Å². The molecule has 0 aliphatic rings. The summed E-state index contributed by atoms with van der Waals surface area (Å²) < 4.78 is 5.98. The van der Waals surface area contributed by atoms with E-state index in [-0.39, 0.29) is 5.12 Å². The maximum atomic E-state index is 12.3. The van der Waals surface area contributed by atoms with Gasteiger partial charge in [-0.3, -0.25) is 9.89 Å². The Morgan fingerprint density at radius 3 is 2.66 bits per heavy atom. The fourth-order valence-corrected chi connectivity index (χ4v) is 4.17. The van der Waals surface area contributed by atoms with E-state index in [1.807, 2.05) is 41.8 Å². The molecular formula is C22H19N3O2S2. The Morgan fingerprint density at radius 1 is 1.07 bits per heavy atom. The highest BCUT2D eigenvalue weighted by molar-refractivity contribution is 8.13. The van der Waals surface area contributed by atoms with Crippen LogP contribution >= 0.6 is 23.1 Å². The van der Waals surface area contributed by atoms with Gasteiger partial charge in [0.15, 0.2) is 5.82 Å². The molecule has 2 heterocycles. The Labute approximate surface area is 177 Å². The van der Waals surface area contributed by atoms with Gasteiger partial charge in [-0.2, -0.15) is 0 Å². The predicted molar refractivity (Wildman–Crippen MR) is 116 cm³/mol. The lowest BCUT2D eigenvalue weighted by Crippen LogP contribution is -1.97. The number of aromatic amines is 1. The number of rotatable bonds is 7. The third-order valence-electron chi connectivity index (χ3n) is 4.22. The van der Waals surface area contributed by atoms with Crippen LogP contribution in [0.2, 0.25) is 0 Å². The summed E-state index contributed by atoms with van der Waals surface area (Å²) >= 11 is 2.57. The molecular weight excluding hydrogens is 402 g/mol. The monoisotopic (exact) mass is 421 g/mol. The zero-order valence-electron chi connectivity index (χ0n) is 15.8. The van der Waals surface area contributed by atoms with Crippen LogP contribution in [0.4, 0.5) is 0 Å². The van der Waals surface area contributed by atoms with Crippen molar-refractivity contribution in [3.05, 3.63) is 82.7 Å². The maximum Gasteiger partial charge on any atom is 0.216 e. The van der Waals surface area contributed by atoms with Gasteiger partial charge in [-0.25, -0.2) is 4.98 Å². The average Bonchev–Trinajstić information content (AvgIpc) is 3.37. The molecule has 0 saturated carbocycles. The Balaban J connectivity index is 1.40. The molecule has 0 aliphatic carbocycles. The van der Waals surface area contributed by atoms with Gasteiger partial charge in [0, 0.05) is 6.42 Å². The van der Waals surface area contributed by atoms with Crippen molar-refractivity contribution < 1.29 is 9.53 Å². The van der Waals surface area contributed by atoms with E-state index in [2.05, 4.69) is 46.4 Å². The number of H-pyrrole nitrogens is 1. The van der Waals surface area contributed by atoms with Crippen LogP contribution in [-0.2, 0) is 17.8 Å². The van der Waals surface area contributed by atoms with Gasteiger partial charge in [0.2, 0.25) is 10.3 Å². The Morgan fingerprint density at radius 2 is 1.86 bits per heavy atom. The predicted octanol–water partition coefficient (Wildman–Crippen LogP) is 5.28. The van der Waals surface area contributed by atoms with Crippen molar-refractivity contribution in [2.24, 2.45) is 0 Å². The molecule has 0 fully saturated rings. The molecule has 29 heavy (non-hydrogen) atoms. The molecule has 4 rings (SSSR count). The number of hydrogen-bond acceptors (Lipinski definition) is 6. The first-order valence-electron chi connectivity index (χ1n) is 9.10. The highest BCUT2D eigenvalue weighted by Gasteiger charge is 2.16. The summed E-state index contributed by atoms with van der Waals surface area (Å²) in [6.45, 7) is 2.54.